The van der Waals surface area contributed by atoms with Crippen molar-refractivity contribution in [2.24, 2.45) is 0 Å². The molecule has 0 spiro atoms. The van der Waals surface area contributed by atoms with E-state index in [-0.39, 0.29) is 6.61 Å². The highest BCUT2D eigenvalue weighted by atomic mass is 16.3. The van der Waals surface area contributed by atoms with Gasteiger partial charge in [-0.15, -0.1) is 0 Å². The van der Waals surface area contributed by atoms with Gasteiger partial charge in [-0.25, -0.2) is 0 Å². The summed E-state index contributed by atoms with van der Waals surface area (Å²) >= 11 is 0. The Labute approximate surface area is 73.9 Å². The summed E-state index contributed by atoms with van der Waals surface area (Å²) in [7, 11) is 1.97. The molecule has 1 aliphatic carbocycles. The van der Waals surface area contributed by atoms with Crippen LogP contribution in [0.25, 0.3) is 0 Å². The largest absolute Gasteiger partial charge is 0.395 e. The van der Waals surface area contributed by atoms with Gasteiger partial charge in [-0.1, -0.05) is 5.57 Å². The average Bonchev–Trinajstić information content (AvgIpc) is 2.80. The van der Waals surface area contributed by atoms with Crippen LogP contribution < -0.4 is 10.6 Å². The van der Waals surface area contributed by atoms with Crippen LogP contribution in [0.4, 0.5) is 0 Å². The Morgan fingerprint density at radius 2 is 2.33 bits per heavy atom. The van der Waals surface area contributed by atoms with Gasteiger partial charge in [-0.05, 0) is 26.0 Å². The molecule has 0 radical (unpaired) electrons. The predicted molar refractivity (Wildman–Crippen MR) is 50.1 cm³/mol. The fraction of sp³-hybridized carbons (Fsp3) is 0.778. The monoisotopic (exact) mass is 170 g/mol. The molecule has 0 aromatic rings. The van der Waals surface area contributed by atoms with E-state index in [1.165, 1.54) is 17.6 Å². The van der Waals surface area contributed by atoms with Crippen LogP contribution in [-0.2, 0) is 0 Å². The van der Waals surface area contributed by atoms with E-state index in [9.17, 15) is 0 Å². The molecule has 1 aliphatic rings. The van der Waals surface area contributed by atoms with E-state index < -0.39 is 0 Å². The van der Waals surface area contributed by atoms with Crippen molar-refractivity contribution in [1.82, 2.24) is 10.6 Å². The topological polar surface area (TPSA) is 44.3 Å². The number of hydrogen-bond acceptors (Lipinski definition) is 3. The van der Waals surface area contributed by atoms with Crippen LogP contribution in [0.3, 0.4) is 0 Å². The summed E-state index contributed by atoms with van der Waals surface area (Å²) in [5.41, 5.74) is 3.04. The quantitative estimate of drug-likeness (QED) is 0.487. The maximum Gasteiger partial charge on any atom is 0.0556 e. The summed E-state index contributed by atoms with van der Waals surface area (Å²) in [6.07, 6.45) is 1.17. The smallest absolute Gasteiger partial charge is 0.0556 e. The molecule has 0 fully saturated rings. The third kappa shape index (κ3) is 2.59. The Morgan fingerprint density at radius 1 is 1.58 bits per heavy atom. The van der Waals surface area contributed by atoms with Crippen LogP contribution in [-0.4, -0.2) is 37.9 Å². The van der Waals surface area contributed by atoms with Crippen molar-refractivity contribution in [3.63, 3.8) is 0 Å². The van der Waals surface area contributed by atoms with E-state index in [0.717, 1.165) is 6.54 Å². The lowest BCUT2D eigenvalue weighted by molar-refractivity contribution is 0.289. The minimum atomic E-state index is 0.221. The fourth-order valence-electron chi connectivity index (χ4n) is 1.44. The van der Waals surface area contributed by atoms with Gasteiger partial charge >= 0.3 is 0 Å². The standard InChI is InChI=1S/C9H18N2O/c1-7(11-3-4-12)9-5-8(9)6-10-2/h7,10-12H,3-6H2,1-2H3. The SMILES string of the molecule is CNCC1=C(C(C)NCCO)C1. The molecule has 1 unspecified atom stereocenters. The van der Waals surface area contributed by atoms with Crippen LogP contribution in [0.2, 0.25) is 0 Å². The van der Waals surface area contributed by atoms with Gasteiger partial charge in [0, 0.05) is 19.1 Å². The van der Waals surface area contributed by atoms with Gasteiger partial charge in [-0.2, -0.15) is 0 Å². The zero-order valence-electron chi connectivity index (χ0n) is 7.85. The van der Waals surface area contributed by atoms with Crippen LogP contribution >= 0.6 is 0 Å². The van der Waals surface area contributed by atoms with E-state index in [0.29, 0.717) is 12.6 Å². The number of aliphatic hydroxyl groups excluding tert-OH is 1. The van der Waals surface area contributed by atoms with E-state index in [1.807, 2.05) is 7.05 Å². The zero-order chi connectivity index (χ0) is 8.97. The third-order valence-corrected chi connectivity index (χ3v) is 2.21. The Kier molecular flexibility index (Phi) is 3.72. The minimum Gasteiger partial charge on any atom is -0.395 e. The van der Waals surface area contributed by atoms with Gasteiger partial charge in [0.05, 0.1) is 6.61 Å². The van der Waals surface area contributed by atoms with Gasteiger partial charge < -0.3 is 15.7 Å². The van der Waals surface area contributed by atoms with Crippen molar-refractivity contribution >= 4 is 0 Å². The average molecular weight is 170 g/mol. The van der Waals surface area contributed by atoms with Gasteiger partial charge in [0.2, 0.25) is 0 Å². The first-order chi connectivity index (χ1) is 5.79. The van der Waals surface area contributed by atoms with Gasteiger partial charge in [0.25, 0.3) is 0 Å². The third-order valence-electron chi connectivity index (χ3n) is 2.21. The fourth-order valence-corrected chi connectivity index (χ4v) is 1.44. The molecule has 3 heteroatoms. The van der Waals surface area contributed by atoms with Crippen molar-refractivity contribution in [1.29, 1.82) is 0 Å². The number of hydrogen-bond donors (Lipinski definition) is 3. The second kappa shape index (κ2) is 4.60. The van der Waals surface area contributed by atoms with Crippen LogP contribution in [0.15, 0.2) is 11.1 Å². The first kappa shape index (κ1) is 9.71. The number of nitrogens with one attached hydrogen (secondary N) is 2. The molecule has 0 saturated carbocycles. The highest BCUT2D eigenvalue weighted by Crippen LogP contribution is 2.32. The Morgan fingerprint density at radius 3 is 2.92 bits per heavy atom. The summed E-state index contributed by atoms with van der Waals surface area (Å²) in [5, 5.41) is 15.0. The van der Waals surface area contributed by atoms with Crippen LogP contribution in [0.5, 0.6) is 0 Å². The van der Waals surface area contributed by atoms with Crippen molar-refractivity contribution in [2.75, 3.05) is 26.7 Å². The van der Waals surface area contributed by atoms with Crippen LogP contribution in [0, 0.1) is 0 Å². The molecular weight excluding hydrogens is 152 g/mol. The molecular formula is C9H18N2O. The minimum absolute atomic E-state index is 0.221. The van der Waals surface area contributed by atoms with Crippen molar-refractivity contribution in [3.05, 3.63) is 11.1 Å². The molecule has 0 aromatic heterocycles. The molecule has 0 heterocycles. The molecule has 0 bridgehead atoms. The number of rotatable bonds is 6. The Balaban J connectivity index is 2.21. The molecule has 0 amide bonds. The molecule has 0 saturated heterocycles. The van der Waals surface area contributed by atoms with Crippen molar-refractivity contribution < 1.29 is 5.11 Å². The lowest BCUT2D eigenvalue weighted by Crippen LogP contribution is -2.28. The summed E-state index contributed by atoms with van der Waals surface area (Å²) < 4.78 is 0. The molecule has 12 heavy (non-hydrogen) atoms. The van der Waals surface area contributed by atoms with E-state index in [2.05, 4.69) is 17.6 Å². The van der Waals surface area contributed by atoms with Gasteiger partial charge in [-0.3, -0.25) is 0 Å². The van der Waals surface area contributed by atoms with Gasteiger partial charge in [0.15, 0.2) is 0 Å². The lowest BCUT2D eigenvalue weighted by Gasteiger charge is -2.07. The first-order valence-electron chi connectivity index (χ1n) is 4.49. The molecule has 70 valence electrons. The highest BCUT2D eigenvalue weighted by molar-refractivity contribution is 5.39. The van der Waals surface area contributed by atoms with Crippen molar-refractivity contribution in [3.8, 4) is 0 Å². The molecule has 0 aromatic carbocycles. The normalized spacial score (nSPS) is 18.2. The summed E-state index contributed by atoms with van der Waals surface area (Å²) in [5.74, 6) is 0. The van der Waals surface area contributed by atoms with E-state index in [1.54, 1.807) is 0 Å². The summed E-state index contributed by atoms with van der Waals surface area (Å²) in [4.78, 5) is 0. The first-order valence-corrected chi connectivity index (χ1v) is 4.49. The molecule has 1 rings (SSSR count). The van der Waals surface area contributed by atoms with Crippen molar-refractivity contribution in [2.45, 2.75) is 19.4 Å². The maximum atomic E-state index is 8.60. The highest BCUT2D eigenvalue weighted by Gasteiger charge is 2.24. The molecule has 1 atom stereocenters. The molecule has 3 N–H and O–H groups in total. The van der Waals surface area contributed by atoms with E-state index >= 15 is 0 Å². The second-order valence-corrected chi connectivity index (χ2v) is 3.24. The van der Waals surface area contributed by atoms with E-state index in [4.69, 9.17) is 5.11 Å². The second-order valence-electron chi connectivity index (χ2n) is 3.24. The number of likely N-dealkylation sites (N-methyl/N-ethyl adjacent to an activating group) is 1. The molecule has 3 nitrogen and oxygen atoms in total. The number of aliphatic hydroxyl groups is 1. The van der Waals surface area contributed by atoms with Crippen LogP contribution in [0.1, 0.15) is 13.3 Å². The zero-order valence-corrected chi connectivity index (χ0v) is 7.85. The maximum absolute atomic E-state index is 8.60. The predicted octanol–water partition coefficient (Wildman–Crippen LogP) is -0.123. The summed E-state index contributed by atoms with van der Waals surface area (Å²) in [6.45, 7) is 4.07. The van der Waals surface area contributed by atoms with Gasteiger partial charge in [0.1, 0.15) is 0 Å². The molecule has 0 aliphatic heterocycles. The Hall–Kier alpha value is -0.380. The summed E-state index contributed by atoms with van der Waals surface area (Å²) in [6, 6.07) is 0.445. The lowest BCUT2D eigenvalue weighted by atomic mass is 10.2. The Bertz CT molecular complexity index is 177.